The molecule has 1 N–H and O–H groups in total. The largest absolute Gasteiger partial charge is 0.348 e. The van der Waals surface area contributed by atoms with E-state index < -0.39 is 0 Å². The molecule has 0 saturated heterocycles. The fourth-order valence-electron chi connectivity index (χ4n) is 2.62. The molecular weight excluding hydrogens is 384 g/mol. The first kappa shape index (κ1) is 17.3. The van der Waals surface area contributed by atoms with Gasteiger partial charge in [-0.15, -0.1) is 5.10 Å². The maximum atomic E-state index is 12.4. The van der Waals surface area contributed by atoms with E-state index in [0.29, 0.717) is 10.9 Å². The number of rotatable bonds is 5. The highest BCUT2D eigenvalue weighted by atomic mass is 79.9. The molecule has 1 atom stereocenters. The predicted octanol–water partition coefficient (Wildman–Crippen LogP) is 2.82. The summed E-state index contributed by atoms with van der Waals surface area (Å²) < 4.78 is 2.07. The third-order valence-corrected chi connectivity index (χ3v) is 4.47. The average Bonchev–Trinajstić information content (AvgIpc) is 2.63. The number of halogens is 1. The van der Waals surface area contributed by atoms with Crippen molar-refractivity contribution in [3.63, 3.8) is 0 Å². The molecule has 0 saturated carbocycles. The van der Waals surface area contributed by atoms with Gasteiger partial charge in [0, 0.05) is 4.47 Å². The second kappa shape index (κ2) is 7.57. The zero-order valence-electron chi connectivity index (χ0n) is 13.6. The second-order valence-corrected chi connectivity index (χ2v) is 6.56. The Hall–Kier alpha value is -2.54. The maximum Gasteiger partial charge on any atom is 0.278 e. The van der Waals surface area contributed by atoms with Crippen LogP contribution in [0.5, 0.6) is 0 Å². The van der Waals surface area contributed by atoms with Gasteiger partial charge < -0.3 is 5.32 Å². The number of hydrogen-bond donors (Lipinski definition) is 1. The summed E-state index contributed by atoms with van der Waals surface area (Å²) >= 11 is 3.40. The molecular formula is C18H17BrN4O2. The van der Waals surface area contributed by atoms with Crippen LogP contribution in [0, 0.1) is 0 Å². The van der Waals surface area contributed by atoms with Gasteiger partial charge in [-0.3, -0.25) is 9.59 Å². The highest BCUT2D eigenvalue weighted by Crippen LogP contribution is 2.19. The zero-order chi connectivity index (χ0) is 17.8. The normalized spacial score (nSPS) is 12.1. The van der Waals surface area contributed by atoms with Crippen molar-refractivity contribution in [2.45, 2.75) is 25.9 Å². The van der Waals surface area contributed by atoms with Gasteiger partial charge in [0.25, 0.3) is 5.56 Å². The van der Waals surface area contributed by atoms with E-state index in [-0.39, 0.29) is 24.1 Å². The minimum Gasteiger partial charge on any atom is -0.348 e. The highest BCUT2D eigenvalue weighted by molar-refractivity contribution is 9.10. The number of hydrogen-bond acceptors (Lipinski definition) is 4. The van der Waals surface area contributed by atoms with Gasteiger partial charge in [0.05, 0.1) is 11.4 Å². The van der Waals surface area contributed by atoms with E-state index in [4.69, 9.17) is 0 Å². The van der Waals surface area contributed by atoms with Crippen LogP contribution in [0.1, 0.15) is 24.9 Å². The number of fused-ring (bicyclic) bond motifs is 1. The molecule has 1 heterocycles. The number of benzene rings is 2. The first-order chi connectivity index (χ1) is 12.1. The van der Waals surface area contributed by atoms with Crippen molar-refractivity contribution in [3.8, 4) is 0 Å². The van der Waals surface area contributed by atoms with Crippen LogP contribution in [0.2, 0.25) is 0 Å². The Morgan fingerprint density at radius 1 is 1.20 bits per heavy atom. The smallest absolute Gasteiger partial charge is 0.278 e. The molecule has 2 aromatic carbocycles. The van der Waals surface area contributed by atoms with Crippen molar-refractivity contribution < 1.29 is 4.79 Å². The van der Waals surface area contributed by atoms with Gasteiger partial charge in [-0.05, 0) is 36.2 Å². The first-order valence-electron chi connectivity index (χ1n) is 7.96. The van der Waals surface area contributed by atoms with Crippen LogP contribution in [0.3, 0.4) is 0 Å². The summed E-state index contributed by atoms with van der Waals surface area (Å²) in [6, 6.07) is 14.6. The van der Waals surface area contributed by atoms with Crippen LogP contribution in [0.4, 0.5) is 0 Å². The van der Waals surface area contributed by atoms with Crippen LogP contribution in [0.25, 0.3) is 10.9 Å². The van der Waals surface area contributed by atoms with Gasteiger partial charge in [0.1, 0.15) is 12.1 Å². The zero-order valence-corrected chi connectivity index (χ0v) is 15.2. The van der Waals surface area contributed by atoms with Crippen molar-refractivity contribution in [3.05, 3.63) is 68.9 Å². The van der Waals surface area contributed by atoms with E-state index in [1.807, 2.05) is 31.2 Å². The molecule has 0 aliphatic rings. The highest BCUT2D eigenvalue weighted by Gasteiger charge is 2.15. The van der Waals surface area contributed by atoms with E-state index in [1.54, 1.807) is 24.3 Å². The fraction of sp³-hybridized carbons (Fsp3) is 0.222. The van der Waals surface area contributed by atoms with Gasteiger partial charge in [0.2, 0.25) is 5.91 Å². The van der Waals surface area contributed by atoms with E-state index in [0.717, 1.165) is 21.1 Å². The Morgan fingerprint density at radius 3 is 2.64 bits per heavy atom. The molecule has 1 aromatic heterocycles. The molecule has 1 amide bonds. The molecule has 25 heavy (non-hydrogen) atoms. The van der Waals surface area contributed by atoms with Crippen molar-refractivity contribution >= 4 is 32.7 Å². The van der Waals surface area contributed by atoms with Crippen LogP contribution in [-0.2, 0) is 11.3 Å². The van der Waals surface area contributed by atoms with E-state index in [2.05, 4.69) is 31.6 Å². The molecule has 6 nitrogen and oxygen atoms in total. The molecule has 0 bridgehead atoms. The summed E-state index contributed by atoms with van der Waals surface area (Å²) in [4.78, 5) is 24.8. The summed E-state index contributed by atoms with van der Waals surface area (Å²) in [5.41, 5.74) is 1.21. The monoisotopic (exact) mass is 400 g/mol. The number of carbonyl (C=O) groups excluding carboxylic acids is 1. The first-order valence-corrected chi connectivity index (χ1v) is 8.75. The van der Waals surface area contributed by atoms with Gasteiger partial charge in [0.15, 0.2) is 0 Å². The third kappa shape index (κ3) is 3.93. The Bertz CT molecular complexity index is 953. The molecule has 0 radical (unpaired) electrons. The topological polar surface area (TPSA) is 76.9 Å². The molecule has 7 heteroatoms. The molecule has 3 rings (SSSR count). The van der Waals surface area contributed by atoms with Crippen LogP contribution in [-0.4, -0.2) is 20.9 Å². The lowest BCUT2D eigenvalue weighted by Crippen LogP contribution is -2.36. The van der Waals surface area contributed by atoms with E-state index in [9.17, 15) is 9.59 Å². The number of nitrogens with zero attached hydrogens (tertiary/aromatic N) is 3. The third-order valence-electron chi connectivity index (χ3n) is 3.94. The van der Waals surface area contributed by atoms with Crippen LogP contribution >= 0.6 is 15.9 Å². The standard InChI is InChI=1S/C18H17BrN4O2/c1-2-15(12-7-9-13(19)10-8-12)20-17(24)11-23-18(25)14-5-3-4-6-16(14)21-22-23/h3-10,15H,2,11H2,1H3,(H,20,24). The lowest BCUT2D eigenvalue weighted by Gasteiger charge is -2.17. The summed E-state index contributed by atoms with van der Waals surface area (Å²) in [5, 5.41) is 11.2. The minimum absolute atomic E-state index is 0.121. The maximum absolute atomic E-state index is 12.4. The fourth-order valence-corrected chi connectivity index (χ4v) is 2.88. The Labute approximate surface area is 153 Å². The molecule has 1 unspecified atom stereocenters. The van der Waals surface area contributed by atoms with Crippen LogP contribution < -0.4 is 10.9 Å². The van der Waals surface area contributed by atoms with Gasteiger partial charge in [-0.25, -0.2) is 4.68 Å². The van der Waals surface area contributed by atoms with Gasteiger partial charge in [-0.2, -0.15) is 0 Å². The number of nitrogens with one attached hydrogen (secondary N) is 1. The lowest BCUT2D eigenvalue weighted by molar-refractivity contribution is -0.122. The van der Waals surface area contributed by atoms with Gasteiger partial charge >= 0.3 is 0 Å². The average molecular weight is 401 g/mol. The molecule has 3 aromatic rings. The molecule has 128 valence electrons. The summed E-state index contributed by atoms with van der Waals surface area (Å²) in [7, 11) is 0. The summed E-state index contributed by atoms with van der Waals surface area (Å²) in [5.74, 6) is -0.276. The lowest BCUT2D eigenvalue weighted by atomic mass is 10.0. The molecule has 0 fully saturated rings. The van der Waals surface area contributed by atoms with Crippen LogP contribution in [0.15, 0.2) is 57.8 Å². The molecule has 0 spiro atoms. The Balaban J connectivity index is 1.76. The van der Waals surface area contributed by atoms with E-state index in [1.165, 1.54) is 0 Å². The minimum atomic E-state index is -0.322. The predicted molar refractivity (Wildman–Crippen MR) is 99.1 cm³/mol. The van der Waals surface area contributed by atoms with Crippen molar-refractivity contribution in [2.24, 2.45) is 0 Å². The molecule has 0 aliphatic carbocycles. The van der Waals surface area contributed by atoms with E-state index >= 15 is 0 Å². The molecule has 0 aliphatic heterocycles. The summed E-state index contributed by atoms with van der Waals surface area (Å²) in [6.45, 7) is 1.83. The Morgan fingerprint density at radius 2 is 1.92 bits per heavy atom. The number of carbonyl (C=O) groups is 1. The second-order valence-electron chi connectivity index (χ2n) is 5.65. The SMILES string of the molecule is CCC(NC(=O)Cn1nnc2ccccc2c1=O)c1ccc(Br)cc1. The summed E-state index contributed by atoms with van der Waals surface area (Å²) in [6.07, 6.45) is 0.742. The number of amides is 1. The van der Waals surface area contributed by atoms with Crippen molar-refractivity contribution in [1.29, 1.82) is 0 Å². The Kier molecular flexibility index (Phi) is 5.23. The quantitative estimate of drug-likeness (QED) is 0.714. The van der Waals surface area contributed by atoms with Crippen molar-refractivity contribution in [1.82, 2.24) is 20.3 Å². The van der Waals surface area contributed by atoms with Gasteiger partial charge in [-0.1, -0.05) is 52.3 Å². The van der Waals surface area contributed by atoms with Crippen molar-refractivity contribution in [2.75, 3.05) is 0 Å². The number of aromatic nitrogens is 3.